The molecule has 0 radical (unpaired) electrons. The van der Waals surface area contributed by atoms with E-state index in [2.05, 4.69) is 4.74 Å². The molecule has 0 aliphatic heterocycles. The van der Waals surface area contributed by atoms with Gasteiger partial charge in [0.1, 0.15) is 11.9 Å². The number of rotatable bonds is 3. The van der Waals surface area contributed by atoms with Crippen LogP contribution in [0.2, 0.25) is 0 Å². The summed E-state index contributed by atoms with van der Waals surface area (Å²) in [6.07, 6.45) is -11.6. The van der Waals surface area contributed by atoms with Gasteiger partial charge in [0.2, 0.25) is 0 Å². The lowest BCUT2D eigenvalue weighted by molar-refractivity contribution is -0.376. The van der Waals surface area contributed by atoms with Gasteiger partial charge in [-0.25, -0.2) is 9.18 Å². The number of aromatic nitrogens is 1. The number of methoxy groups -OCH3 is 1. The Morgan fingerprint density at radius 3 is 2.17 bits per heavy atom. The summed E-state index contributed by atoms with van der Waals surface area (Å²) in [4.78, 5) is 11.9. The molecule has 2 aromatic rings. The minimum atomic E-state index is -6.21. The fourth-order valence-corrected chi connectivity index (χ4v) is 2.52. The van der Waals surface area contributed by atoms with Crippen LogP contribution < -0.4 is 5.73 Å². The van der Waals surface area contributed by atoms with E-state index >= 15 is 0 Å². The van der Waals surface area contributed by atoms with Gasteiger partial charge < -0.3 is 20.1 Å². The molecule has 0 atom stereocenters. The maximum atomic E-state index is 14.5. The van der Waals surface area contributed by atoms with E-state index < -0.39 is 52.4 Å². The van der Waals surface area contributed by atoms with Gasteiger partial charge in [0.25, 0.3) is 5.60 Å². The smallest absolute Gasteiger partial charge is 0.430 e. The summed E-state index contributed by atoms with van der Waals surface area (Å²) in [5.74, 6) is -2.81. The number of nitrogens with two attached hydrogens (primary N) is 1. The van der Waals surface area contributed by atoms with E-state index in [-0.39, 0.29) is 17.7 Å². The van der Waals surface area contributed by atoms with Crippen molar-refractivity contribution >= 4 is 11.7 Å². The molecule has 6 nitrogen and oxygen atoms in total. The van der Waals surface area contributed by atoms with Crippen molar-refractivity contribution in [3.05, 3.63) is 47.0 Å². The van der Waals surface area contributed by atoms with Crippen molar-refractivity contribution in [3.8, 4) is 11.8 Å². The second kappa shape index (κ2) is 6.96. The summed E-state index contributed by atoms with van der Waals surface area (Å²) >= 11 is 0. The van der Waals surface area contributed by atoms with E-state index in [0.29, 0.717) is 10.6 Å². The number of anilines is 1. The molecule has 156 valence electrons. The molecule has 3 N–H and O–H groups in total. The fraction of sp³-hybridized carbons (Fsp3) is 0.250. The molecule has 29 heavy (non-hydrogen) atoms. The van der Waals surface area contributed by atoms with Crippen molar-refractivity contribution in [2.75, 3.05) is 12.8 Å². The second-order valence-electron chi connectivity index (χ2n) is 5.65. The van der Waals surface area contributed by atoms with Crippen LogP contribution in [-0.4, -0.2) is 35.1 Å². The summed E-state index contributed by atoms with van der Waals surface area (Å²) < 4.78 is 97.3. The van der Waals surface area contributed by atoms with E-state index in [9.17, 15) is 40.6 Å². The number of aliphatic hydroxyl groups is 1. The number of nitrogen functional groups attached to an aromatic ring is 1. The van der Waals surface area contributed by atoms with E-state index in [4.69, 9.17) is 11.0 Å². The SMILES string of the molecule is COC(=O)c1c(N)c(C#N)cn1-c1ccc(C(O)(C(F)(F)F)C(F)(F)F)cc1F. The molecule has 0 unspecified atom stereocenters. The molecule has 0 bridgehead atoms. The molecule has 1 aromatic heterocycles. The van der Waals surface area contributed by atoms with Crippen LogP contribution in [0.15, 0.2) is 24.4 Å². The zero-order valence-corrected chi connectivity index (χ0v) is 14.2. The van der Waals surface area contributed by atoms with Crippen LogP contribution in [0.4, 0.5) is 36.4 Å². The molecule has 1 aromatic carbocycles. The van der Waals surface area contributed by atoms with Crippen LogP contribution in [-0.2, 0) is 10.3 Å². The zero-order chi connectivity index (χ0) is 22.4. The minimum absolute atomic E-state index is 0.181. The maximum Gasteiger partial charge on any atom is 0.430 e. The average molecular weight is 425 g/mol. The normalized spacial score (nSPS) is 12.6. The third-order valence-electron chi connectivity index (χ3n) is 3.99. The predicted molar refractivity (Wildman–Crippen MR) is 82.2 cm³/mol. The first-order valence-electron chi connectivity index (χ1n) is 7.36. The Morgan fingerprint density at radius 1 is 1.21 bits per heavy atom. The number of carbonyl (C=O) groups is 1. The Bertz CT molecular complexity index is 989. The van der Waals surface area contributed by atoms with Crippen LogP contribution in [0.25, 0.3) is 5.69 Å². The lowest BCUT2D eigenvalue weighted by Gasteiger charge is -2.32. The molecule has 0 spiro atoms. The molecule has 0 amide bonds. The quantitative estimate of drug-likeness (QED) is 0.581. The van der Waals surface area contributed by atoms with Gasteiger partial charge in [-0.15, -0.1) is 0 Å². The second-order valence-corrected chi connectivity index (χ2v) is 5.65. The highest BCUT2D eigenvalue weighted by Gasteiger charge is 2.71. The van der Waals surface area contributed by atoms with Gasteiger partial charge in [0.05, 0.1) is 24.0 Å². The highest BCUT2D eigenvalue weighted by Crippen LogP contribution is 2.50. The monoisotopic (exact) mass is 425 g/mol. The number of nitrogens with zero attached hydrogens (tertiary/aromatic N) is 2. The number of benzene rings is 1. The van der Waals surface area contributed by atoms with Gasteiger partial charge >= 0.3 is 18.3 Å². The summed E-state index contributed by atoms with van der Waals surface area (Å²) in [7, 11) is 0.928. The first kappa shape index (κ1) is 22.0. The Hall–Kier alpha value is -3.27. The number of nitriles is 1. The Kier molecular flexibility index (Phi) is 5.29. The lowest BCUT2D eigenvalue weighted by Crippen LogP contribution is -2.54. The van der Waals surface area contributed by atoms with Crippen LogP contribution >= 0.6 is 0 Å². The molecule has 13 heteroatoms. The third kappa shape index (κ3) is 3.35. The number of alkyl halides is 6. The summed E-state index contributed by atoms with van der Waals surface area (Å²) in [6, 6.07) is 2.05. The zero-order valence-electron chi connectivity index (χ0n) is 14.2. The molecular weight excluding hydrogens is 415 g/mol. The van der Waals surface area contributed by atoms with Crippen LogP contribution in [0, 0.1) is 17.1 Å². The van der Waals surface area contributed by atoms with Crippen molar-refractivity contribution in [2.45, 2.75) is 18.0 Å². The Balaban J connectivity index is 2.74. The van der Waals surface area contributed by atoms with Crippen molar-refractivity contribution < 1.29 is 45.4 Å². The van der Waals surface area contributed by atoms with Gasteiger partial charge in [-0.05, 0) is 12.1 Å². The standard InChI is InChI=1S/C16H10F7N3O3/c1-29-13(27)12-11(25)7(5-24)6-26(12)10-3-2-8(4-9(10)17)14(28,15(18,19)20)16(21,22)23/h2-4,6,28H,25H2,1H3. The molecule has 0 saturated carbocycles. The van der Waals surface area contributed by atoms with Crippen LogP contribution in [0.1, 0.15) is 21.6 Å². The number of ether oxygens (including phenoxy) is 1. The van der Waals surface area contributed by atoms with Gasteiger partial charge in [0, 0.05) is 11.8 Å². The molecular formula is C16H10F7N3O3. The van der Waals surface area contributed by atoms with Crippen molar-refractivity contribution in [1.29, 1.82) is 5.26 Å². The van der Waals surface area contributed by atoms with Gasteiger partial charge in [0.15, 0.2) is 5.69 Å². The lowest BCUT2D eigenvalue weighted by atomic mass is 9.92. The van der Waals surface area contributed by atoms with Crippen LogP contribution in [0.5, 0.6) is 0 Å². The number of halogens is 7. The summed E-state index contributed by atoms with van der Waals surface area (Å²) in [6.45, 7) is 0. The first-order chi connectivity index (χ1) is 13.2. The van der Waals surface area contributed by atoms with E-state index in [1.807, 2.05) is 0 Å². The number of esters is 1. The Labute approximate surface area is 157 Å². The fourth-order valence-electron chi connectivity index (χ4n) is 2.52. The highest BCUT2D eigenvalue weighted by atomic mass is 19.4. The van der Waals surface area contributed by atoms with Crippen molar-refractivity contribution in [1.82, 2.24) is 4.57 Å². The summed E-state index contributed by atoms with van der Waals surface area (Å²) in [5, 5.41) is 18.3. The summed E-state index contributed by atoms with van der Waals surface area (Å²) in [5.41, 5.74) is -3.63. The van der Waals surface area contributed by atoms with Gasteiger partial charge in [-0.3, -0.25) is 0 Å². The first-order valence-corrected chi connectivity index (χ1v) is 7.36. The molecule has 0 aliphatic rings. The van der Waals surface area contributed by atoms with E-state index in [0.717, 1.165) is 13.3 Å². The topological polar surface area (TPSA) is 101 Å². The van der Waals surface area contributed by atoms with Crippen molar-refractivity contribution in [3.63, 3.8) is 0 Å². The number of carbonyl (C=O) groups excluding carboxylic acids is 1. The molecule has 0 fully saturated rings. The highest BCUT2D eigenvalue weighted by molar-refractivity contribution is 5.95. The van der Waals surface area contributed by atoms with Gasteiger partial charge in [-0.2, -0.15) is 31.6 Å². The van der Waals surface area contributed by atoms with Crippen LogP contribution in [0.3, 0.4) is 0 Å². The Morgan fingerprint density at radius 2 is 1.76 bits per heavy atom. The molecule has 1 heterocycles. The average Bonchev–Trinajstić information content (AvgIpc) is 2.94. The number of hydrogen-bond acceptors (Lipinski definition) is 5. The van der Waals surface area contributed by atoms with E-state index in [1.54, 1.807) is 6.07 Å². The largest absolute Gasteiger partial charge is 0.464 e. The number of hydrogen-bond donors (Lipinski definition) is 2. The van der Waals surface area contributed by atoms with Gasteiger partial charge in [-0.1, -0.05) is 6.07 Å². The third-order valence-corrected chi connectivity index (χ3v) is 3.99. The minimum Gasteiger partial charge on any atom is -0.464 e. The molecule has 0 saturated heterocycles. The molecule has 2 rings (SSSR count). The van der Waals surface area contributed by atoms with E-state index in [1.165, 1.54) is 0 Å². The predicted octanol–water partition coefficient (Wildman–Crippen LogP) is 3.17. The molecule has 0 aliphatic carbocycles. The van der Waals surface area contributed by atoms with Crippen molar-refractivity contribution in [2.24, 2.45) is 0 Å². The maximum absolute atomic E-state index is 14.5.